The first-order valence-electron chi connectivity index (χ1n) is 6.10. The molecule has 2 aromatic heterocycles. The summed E-state index contributed by atoms with van der Waals surface area (Å²) in [6.45, 7) is 0. The van der Waals surface area contributed by atoms with Gasteiger partial charge in [0.05, 0.1) is 5.52 Å². The van der Waals surface area contributed by atoms with Crippen LogP contribution in [0.2, 0.25) is 0 Å². The van der Waals surface area contributed by atoms with E-state index in [0.717, 1.165) is 34.3 Å². The summed E-state index contributed by atoms with van der Waals surface area (Å²) in [7, 11) is 0. The molecule has 0 atom stereocenters. The highest BCUT2D eigenvalue weighted by Crippen LogP contribution is 2.19. The zero-order valence-electron chi connectivity index (χ0n) is 10.2. The molecule has 0 aliphatic carbocycles. The molecule has 4 heteroatoms. The fraction of sp³-hybridized carbons (Fsp3) is 0.133. The first kappa shape index (κ1) is 12.4. The molecule has 0 aliphatic heterocycles. The Labute approximate surface area is 119 Å². The van der Waals surface area contributed by atoms with Crippen molar-refractivity contribution < 1.29 is 4.39 Å². The number of fused-ring (bicyclic) bond motifs is 1. The van der Waals surface area contributed by atoms with Crippen LogP contribution in [0.4, 0.5) is 4.39 Å². The van der Waals surface area contributed by atoms with E-state index in [2.05, 4.69) is 25.3 Å². The van der Waals surface area contributed by atoms with Crippen LogP contribution in [0.1, 0.15) is 11.4 Å². The summed E-state index contributed by atoms with van der Waals surface area (Å²) in [6.07, 6.45) is 3.55. The van der Waals surface area contributed by atoms with Crippen LogP contribution in [0.5, 0.6) is 0 Å². The fourth-order valence-electron chi connectivity index (χ4n) is 2.19. The van der Waals surface area contributed by atoms with Crippen LogP contribution >= 0.6 is 15.9 Å². The number of imidazole rings is 1. The van der Waals surface area contributed by atoms with Crippen molar-refractivity contribution in [2.24, 2.45) is 0 Å². The molecule has 0 saturated heterocycles. The van der Waals surface area contributed by atoms with E-state index in [4.69, 9.17) is 0 Å². The molecule has 0 unspecified atom stereocenters. The zero-order valence-corrected chi connectivity index (χ0v) is 11.8. The van der Waals surface area contributed by atoms with Gasteiger partial charge in [-0.3, -0.25) is 0 Å². The third-order valence-corrected chi connectivity index (χ3v) is 3.69. The molecule has 0 spiro atoms. The molecule has 2 nitrogen and oxygen atoms in total. The Morgan fingerprint density at radius 3 is 2.84 bits per heavy atom. The van der Waals surface area contributed by atoms with Gasteiger partial charge in [0.1, 0.15) is 16.2 Å². The average molecular weight is 319 g/mol. The number of benzene rings is 1. The molecule has 0 N–H and O–H groups in total. The summed E-state index contributed by atoms with van der Waals surface area (Å²) in [5.41, 5.74) is 2.04. The van der Waals surface area contributed by atoms with Gasteiger partial charge in [0.25, 0.3) is 0 Å². The molecule has 0 fully saturated rings. The SMILES string of the molecule is Fc1cccc(CCc2nc(Br)c3ccccn23)c1. The Hall–Kier alpha value is -1.68. The lowest BCUT2D eigenvalue weighted by atomic mass is 10.1. The van der Waals surface area contributed by atoms with Gasteiger partial charge in [0, 0.05) is 12.6 Å². The van der Waals surface area contributed by atoms with E-state index in [9.17, 15) is 4.39 Å². The predicted molar refractivity (Wildman–Crippen MR) is 76.7 cm³/mol. The summed E-state index contributed by atoms with van der Waals surface area (Å²) in [4.78, 5) is 4.51. The fourth-order valence-corrected chi connectivity index (χ4v) is 2.71. The number of hydrogen-bond acceptors (Lipinski definition) is 1. The molecule has 19 heavy (non-hydrogen) atoms. The minimum absolute atomic E-state index is 0.188. The molecule has 1 aromatic carbocycles. The van der Waals surface area contributed by atoms with Gasteiger partial charge in [-0.25, -0.2) is 9.37 Å². The number of halogens is 2. The summed E-state index contributed by atoms with van der Waals surface area (Å²) < 4.78 is 16.0. The number of aromatic nitrogens is 2. The normalized spacial score (nSPS) is 11.1. The largest absolute Gasteiger partial charge is 0.303 e. The lowest BCUT2D eigenvalue weighted by Crippen LogP contribution is -1.98. The second-order valence-corrected chi connectivity index (χ2v) is 5.16. The van der Waals surface area contributed by atoms with Gasteiger partial charge in [-0.2, -0.15) is 0 Å². The summed E-state index contributed by atoms with van der Waals surface area (Å²) in [5.74, 6) is 0.790. The van der Waals surface area contributed by atoms with Crippen LogP contribution in [0.15, 0.2) is 53.3 Å². The molecule has 2 heterocycles. The molecular weight excluding hydrogens is 307 g/mol. The van der Waals surface area contributed by atoms with Gasteiger partial charge < -0.3 is 4.40 Å². The van der Waals surface area contributed by atoms with Gasteiger partial charge in [0.2, 0.25) is 0 Å². The van der Waals surface area contributed by atoms with E-state index in [-0.39, 0.29) is 5.82 Å². The third-order valence-electron chi connectivity index (χ3n) is 3.10. The van der Waals surface area contributed by atoms with E-state index < -0.39 is 0 Å². The van der Waals surface area contributed by atoms with Crippen LogP contribution in [0, 0.1) is 5.82 Å². The number of aryl methyl sites for hydroxylation is 2. The van der Waals surface area contributed by atoms with Crippen LogP contribution in [-0.4, -0.2) is 9.38 Å². The molecule has 3 rings (SSSR count). The maximum absolute atomic E-state index is 13.1. The van der Waals surface area contributed by atoms with E-state index in [1.54, 1.807) is 12.1 Å². The van der Waals surface area contributed by atoms with Gasteiger partial charge in [-0.05, 0) is 52.2 Å². The van der Waals surface area contributed by atoms with Crippen molar-refractivity contribution in [2.45, 2.75) is 12.8 Å². The van der Waals surface area contributed by atoms with Crippen molar-refractivity contribution in [1.82, 2.24) is 9.38 Å². The highest BCUT2D eigenvalue weighted by atomic mass is 79.9. The predicted octanol–water partition coefficient (Wildman–Crippen LogP) is 4.02. The first-order chi connectivity index (χ1) is 9.24. The summed E-state index contributed by atoms with van der Waals surface area (Å²) >= 11 is 3.46. The van der Waals surface area contributed by atoms with Crippen molar-refractivity contribution in [3.05, 3.63) is 70.5 Å². The quantitative estimate of drug-likeness (QED) is 0.713. The standard InChI is InChI=1S/C15H12BrFN2/c16-15-13-6-1-2-9-19(13)14(18-15)8-7-11-4-3-5-12(17)10-11/h1-6,9-10H,7-8H2. The van der Waals surface area contributed by atoms with Crippen molar-refractivity contribution in [2.75, 3.05) is 0 Å². The smallest absolute Gasteiger partial charge is 0.132 e. The highest BCUT2D eigenvalue weighted by molar-refractivity contribution is 9.10. The van der Waals surface area contributed by atoms with Gasteiger partial charge in [0.15, 0.2) is 0 Å². The molecule has 0 aliphatic rings. The van der Waals surface area contributed by atoms with Crippen molar-refractivity contribution in [1.29, 1.82) is 0 Å². The molecule has 3 aromatic rings. The second-order valence-electron chi connectivity index (χ2n) is 4.40. The number of nitrogens with zero attached hydrogens (tertiary/aromatic N) is 2. The van der Waals surface area contributed by atoms with Crippen LogP contribution in [-0.2, 0) is 12.8 Å². The van der Waals surface area contributed by atoms with E-state index >= 15 is 0 Å². The number of rotatable bonds is 3. The zero-order chi connectivity index (χ0) is 13.2. The Morgan fingerprint density at radius 2 is 2.00 bits per heavy atom. The lowest BCUT2D eigenvalue weighted by molar-refractivity contribution is 0.625. The van der Waals surface area contributed by atoms with Crippen LogP contribution < -0.4 is 0 Å². The average Bonchev–Trinajstić information content (AvgIpc) is 2.74. The maximum Gasteiger partial charge on any atom is 0.132 e. The minimum atomic E-state index is -0.188. The molecule has 96 valence electrons. The Morgan fingerprint density at radius 1 is 1.11 bits per heavy atom. The maximum atomic E-state index is 13.1. The van der Waals surface area contributed by atoms with E-state index in [1.165, 1.54) is 6.07 Å². The monoisotopic (exact) mass is 318 g/mol. The number of pyridine rings is 1. The topological polar surface area (TPSA) is 17.3 Å². The Kier molecular flexibility index (Phi) is 3.34. The van der Waals surface area contributed by atoms with Crippen LogP contribution in [0.3, 0.4) is 0 Å². The van der Waals surface area contributed by atoms with Crippen molar-refractivity contribution >= 4 is 21.4 Å². The van der Waals surface area contributed by atoms with Crippen molar-refractivity contribution in [3.8, 4) is 0 Å². The van der Waals surface area contributed by atoms with Crippen molar-refractivity contribution in [3.63, 3.8) is 0 Å². The van der Waals surface area contributed by atoms with Crippen LogP contribution in [0.25, 0.3) is 5.52 Å². The Balaban J connectivity index is 1.86. The number of hydrogen-bond donors (Lipinski definition) is 0. The molecule has 0 radical (unpaired) electrons. The molecule has 0 saturated carbocycles. The van der Waals surface area contributed by atoms with Gasteiger partial charge >= 0.3 is 0 Å². The lowest BCUT2D eigenvalue weighted by Gasteiger charge is -2.02. The summed E-state index contributed by atoms with van der Waals surface area (Å²) in [6, 6.07) is 12.7. The second kappa shape index (κ2) is 5.13. The third kappa shape index (κ3) is 2.54. The van der Waals surface area contributed by atoms with E-state index in [0.29, 0.717) is 0 Å². The Bertz CT molecular complexity index is 721. The van der Waals surface area contributed by atoms with E-state index in [1.807, 2.05) is 30.5 Å². The molecule has 0 bridgehead atoms. The summed E-state index contributed by atoms with van der Waals surface area (Å²) in [5, 5.41) is 0. The molecular formula is C15H12BrFN2. The highest BCUT2D eigenvalue weighted by Gasteiger charge is 2.08. The van der Waals surface area contributed by atoms with Gasteiger partial charge in [-0.1, -0.05) is 18.2 Å². The van der Waals surface area contributed by atoms with Gasteiger partial charge in [-0.15, -0.1) is 0 Å². The first-order valence-corrected chi connectivity index (χ1v) is 6.89. The minimum Gasteiger partial charge on any atom is -0.303 e. The molecule has 0 amide bonds.